The minimum absolute atomic E-state index is 0.141. The van der Waals surface area contributed by atoms with Crippen molar-refractivity contribution in [3.05, 3.63) is 46.9 Å². The minimum atomic E-state index is -1.70. The van der Waals surface area contributed by atoms with E-state index in [0.29, 0.717) is 16.8 Å². The summed E-state index contributed by atoms with van der Waals surface area (Å²) < 4.78 is 52.3. The average Bonchev–Trinajstić information content (AvgIpc) is 2.34. The molecule has 0 atom stereocenters. The molecular weight excluding hydrogens is 292 g/mol. The first-order valence-corrected chi connectivity index (χ1v) is 5.68. The molecule has 0 saturated carbocycles. The normalized spacial score (nSPS) is 10.7. The summed E-state index contributed by atoms with van der Waals surface area (Å²) in [5.74, 6) is -6.53. The van der Waals surface area contributed by atoms with Gasteiger partial charge in [-0.3, -0.25) is 0 Å². The van der Waals surface area contributed by atoms with Gasteiger partial charge in [-0.2, -0.15) is 13.8 Å². The molecule has 0 unspecified atom stereocenters. The lowest BCUT2D eigenvalue weighted by Gasteiger charge is -2.05. The maximum absolute atomic E-state index is 13.3. The highest BCUT2D eigenvalue weighted by Crippen LogP contribution is 2.32. The van der Waals surface area contributed by atoms with E-state index in [1.165, 1.54) is 18.3 Å². The molecule has 0 aliphatic rings. The van der Waals surface area contributed by atoms with E-state index in [9.17, 15) is 17.6 Å². The Bertz CT molecular complexity index is 565. The molecule has 0 bridgehead atoms. The molecule has 2 nitrogen and oxygen atoms in total. The van der Waals surface area contributed by atoms with Crippen LogP contribution in [0.1, 0.15) is 0 Å². The second-order valence-electron chi connectivity index (χ2n) is 3.07. The smallest absolute Gasteiger partial charge is 0.248 e. The van der Waals surface area contributed by atoms with Crippen molar-refractivity contribution in [1.82, 2.24) is 9.97 Å². The second kappa shape index (κ2) is 5.11. The highest BCUT2D eigenvalue weighted by atomic mass is 35.5. The van der Waals surface area contributed by atoms with Crippen LogP contribution in [0.4, 0.5) is 17.6 Å². The Hall–Kier alpha value is -1.34. The average molecular weight is 295 g/mol. The second-order valence-corrected chi connectivity index (χ2v) is 4.53. The Morgan fingerprint density at radius 3 is 2.11 bits per heavy atom. The molecule has 2 aromatic heterocycles. The van der Waals surface area contributed by atoms with E-state index in [4.69, 9.17) is 11.6 Å². The first-order valence-electron chi connectivity index (χ1n) is 4.48. The zero-order valence-electron chi connectivity index (χ0n) is 8.42. The van der Waals surface area contributed by atoms with E-state index in [1.807, 2.05) is 0 Å². The van der Waals surface area contributed by atoms with Gasteiger partial charge in [0, 0.05) is 6.20 Å². The summed E-state index contributed by atoms with van der Waals surface area (Å²) in [7, 11) is 0. The third-order valence-corrected chi connectivity index (χ3v) is 3.10. The van der Waals surface area contributed by atoms with Gasteiger partial charge in [-0.25, -0.2) is 13.8 Å². The van der Waals surface area contributed by atoms with Crippen LogP contribution in [0, 0.1) is 23.5 Å². The Labute approximate surface area is 108 Å². The van der Waals surface area contributed by atoms with Gasteiger partial charge < -0.3 is 0 Å². The summed E-state index contributed by atoms with van der Waals surface area (Å²) in [6.45, 7) is 0. The van der Waals surface area contributed by atoms with Crippen LogP contribution in [0.2, 0.25) is 5.02 Å². The molecule has 0 N–H and O–H groups in total. The van der Waals surface area contributed by atoms with Crippen molar-refractivity contribution >= 4 is 23.4 Å². The number of aromatic nitrogens is 2. The third kappa shape index (κ3) is 2.56. The van der Waals surface area contributed by atoms with Crippen LogP contribution in [0.3, 0.4) is 0 Å². The largest absolute Gasteiger partial charge is 0.252 e. The Kier molecular flexibility index (Phi) is 3.72. The van der Waals surface area contributed by atoms with Crippen molar-refractivity contribution in [3.8, 4) is 0 Å². The first-order chi connectivity index (χ1) is 8.49. The van der Waals surface area contributed by atoms with E-state index in [2.05, 4.69) is 9.97 Å². The zero-order chi connectivity index (χ0) is 13.3. The highest BCUT2D eigenvalue weighted by molar-refractivity contribution is 7.99. The van der Waals surface area contributed by atoms with Gasteiger partial charge in [0.25, 0.3) is 11.9 Å². The number of pyridine rings is 2. The maximum atomic E-state index is 13.3. The Balaban J connectivity index is 2.42. The zero-order valence-corrected chi connectivity index (χ0v) is 10.00. The van der Waals surface area contributed by atoms with Crippen molar-refractivity contribution < 1.29 is 17.6 Å². The van der Waals surface area contributed by atoms with Crippen LogP contribution < -0.4 is 0 Å². The third-order valence-electron chi connectivity index (χ3n) is 1.86. The fraction of sp³-hybridized carbons (Fsp3) is 0. The molecule has 2 aromatic rings. The summed E-state index contributed by atoms with van der Waals surface area (Å²) in [6.07, 6.45) is 1.24. The number of hydrogen-bond donors (Lipinski definition) is 0. The molecular formula is C10H3ClF4N2S. The molecule has 0 fully saturated rings. The lowest BCUT2D eigenvalue weighted by atomic mass is 10.4. The number of nitrogens with zero attached hydrogens (tertiary/aromatic N) is 2. The fourth-order valence-electron chi connectivity index (χ4n) is 1.08. The number of hydrogen-bond acceptors (Lipinski definition) is 3. The van der Waals surface area contributed by atoms with Crippen molar-refractivity contribution in [2.45, 2.75) is 9.92 Å². The molecule has 18 heavy (non-hydrogen) atoms. The Morgan fingerprint density at radius 1 is 1.00 bits per heavy atom. The van der Waals surface area contributed by atoms with Crippen LogP contribution in [0.15, 0.2) is 28.3 Å². The van der Waals surface area contributed by atoms with Crippen LogP contribution in [-0.2, 0) is 0 Å². The van der Waals surface area contributed by atoms with Gasteiger partial charge in [0.1, 0.15) is 5.03 Å². The summed E-state index contributed by atoms with van der Waals surface area (Å²) in [4.78, 5) is 5.36. The van der Waals surface area contributed by atoms with Gasteiger partial charge in [-0.05, 0) is 12.1 Å². The van der Waals surface area contributed by atoms with E-state index < -0.39 is 28.4 Å². The molecule has 94 valence electrons. The topological polar surface area (TPSA) is 25.8 Å². The van der Waals surface area contributed by atoms with Crippen LogP contribution in [0.25, 0.3) is 0 Å². The van der Waals surface area contributed by atoms with Gasteiger partial charge in [-0.15, -0.1) is 0 Å². The van der Waals surface area contributed by atoms with Crippen LogP contribution >= 0.6 is 23.4 Å². The van der Waals surface area contributed by atoms with Gasteiger partial charge in [0.2, 0.25) is 0 Å². The van der Waals surface area contributed by atoms with Crippen LogP contribution in [0.5, 0.6) is 0 Å². The SMILES string of the molecule is Fc1nc(F)c(F)c(Sc2ccc(Cl)cn2)c1F. The highest BCUT2D eigenvalue weighted by Gasteiger charge is 2.21. The van der Waals surface area contributed by atoms with Gasteiger partial charge in [0.15, 0.2) is 11.6 Å². The van der Waals surface area contributed by atoms with Crippen molar-refractivity contribution in [2.75, 3.05) is 0 Å². The van der Waals surface area contributed by atoms with Crippen molar-refractivity contribution in [2.24, 2.45) is 0 Å². The number of rotatable bonds is 2. The maximum Gasteiger partial charge on any atom is 0.252 e. The van der Waals surface area contributed by atoms with Crippen molar-refractivity contribution in [3.63, 3.8) is 0 Å². The molecule has 0 aliphatic heterocycles. The molecule has 0 spiro atoms. The molecule has 0 radical (unpaired) electrons. The van der Waals surface area contributed by atoms with Crippen LogP contribution in [-0.4, -0.2) is 9.97 Å². The molecule has 0 aromatic carbocycles. The van der Waals surface area contributed by atoms with Crippen molar-refractivity contribution in [1.29, 1.82) is 0 Å². The van der Waals surface area contributed by atoms with E-state index in [1.54, 1.807) is 0 Å². The molecule has 2 heterocycles. The Morgan fingerprint density at radius 2 is 1.61 bits per heavy atom. The fourth-order valence-corrected chi connectivity index (χ4v) is 1.99. The summed E-state index contributed by atoms with van der Waals surface area (Å²) in [6, 6.07) is 2.79. The lowest BCUT2D eigenvalue weighted by molar-refractivity contribution is 0.383. The summed E-state index contributed by atoms with van der Waals surface area (Å²) >= 11 is 6.02. The van der Waals surface area contributed by atoms with E-state index >= 15 is 0 Å². The number of halogens is 5. The predicted octanol–water partition coefficient (Wildman–Crippen LogP) is 3.84. The first kappa shape index (κ1) is 13.1. The molecule has 2 rings (SSSR count). The predicted molar refractivity (Wildman–Crippen MR) is 57.4 cm³/mol. The van der Waals surface area contributed by atoms with E-state index in [-0.39, 0.29) is 5.03 Å². The monoisotopic (exact) mass is 294 g/mol. The summed E-state index contributed by atoms with van der Waals surface area (Å²) in [5.41, 5.74) is 0. The lowest BCUT2D eigenvalue weighted by Crippen LogP contribution is -2.02. The molecule has 8 heteroatoms. The van der Waals surface area contributed by atoms with Gasteiger partial charge >= 0.3 is 0 Å². The molecule has 0 amide bonds. The molecule has 0 saturated heterocycles. The standard InChI is InChI=1S/C10H3ClF4N2S/c11-4-1-2-5(16-3-4)18-8-6(12)9(14)17-10(15)7(8)13/h1-3H. The minimum Gasteiger partial charge on any atom is -0.248 e. The quantitative estimate of drug-likeness (QED) is 0.622. The molecule has 0 aliphatic carbocycles. The summed E-state index contributed by atoms with van der Waals surface area (Å²) in [5, 5.41) is 0.467. The van der Waals surface area contributed by atoms with Gasteiger partial charge in [-0.1, -0.05) is 23.4 Å². The van der Waals surface area contributed by atoms with E-state index in [0.717, 1.165) is 0 Å². The van der Waals surface area contributed by atoms with Gasteiger partial charge in [0.05, 0.1) is 9.92 Å².